The van der Waals surface area contributed by atoms with Gasteiger partial charge in [0.25, 0.3) is 5.91 Å². The quantitative estimate of drug-likeness (QED) is 0.618. The number of alkyl halides is 2. The zero-order chi connectivity index (χ0) is 20.1. The lowest BCUT2D eigenvalue weighted by atomic mass is 10.1. The van der Waals surface area contributed by atoms with E-state index < -0.39 is 6.61 Å². The van der Waals surface area contributed by atoms with Crippen LogP contribution in [-0.2, 0) is 13.0 Å². The van der Waals surface area contributed by atoms with Crippen LogP contribution in [0.4, 0.5) is 13.2 Å². The third-order valence-corrected chi connectivity index (χ3v) is 5.07. The second-order valence-electron chi connectivity index (χ2n) is 6.03. The van der Waals surface area contributed by atoms with Gasteiger partial charge in [0.1, 0.15) is 16.4 Å². The van der Waals surface area contributed by atoms with Crippen molar-refractivity contribution in [2.75, 3.05) is 0 Å². The van der Waals surface area contributed by atoms with Crippen molar-refractivity contribution in [2.45, 2.75) is 26.5 Å². The molecule has 28 heavy (non-hydrogen) atoms. The lowest BCUT2D eigenvalue weighted by Crippen LogP contribution is -2.22. The molecule has 3 rings (SSSR count). The molecule has 0 spiro atoms. The summed E-state index contributed by atoms with van der Waals surface area (Å²) in [7, 11) is 0. The third-order valence-electron chi connectivity index (χ3n) is 3.92. The number of aryl methyl sites for hydroxylation is 1. The monoisotopic (exact) mass is 406 g/mol. The van der Waals surface area contributed by atoms with Gasteiger partial charge < -0.3 is 10.1 Å². The molecule has 3 aromatic rings. The number of nitrogens with one attached hydrogen (secondary N) is 1. The van der Waals surface area contributed by atoms with Crippen molar-refractivity contribution in [1.29, 1.82) is 0 Å². The lowest BCUT2D eigenvalue weighted by molar-refractivity contribution is -0.0498. The molecular formula is C20H17F3N2O2S. The highest BCUT2D eigenvalue weighted by Crippen LogP contribution is 2.21. The molecule has 0 atom stereocenters. The molecule has 4 nitrogen and oxygen atoms in total. The zero-order valence-corrected chi connectivity index (χ0v) is 15.7. The van der Waals surface area contributed by atoms with E-state index in [0.29, 0.717) is 17.0 Å². The molecule has 0 aliphatic rings. The maximum absolute atomic E-state index is 13.0. The Kier molecular flexibility index (Phi) is 6.30. The van der Waals surface area contributed by atoms with Crippen LogP contribution in [0.5, 0.6) is 5.75 Å². The van der Waals surface area contributed by atoms with Crippen LogP contribution in [-0.4, -0.2) is 17.5 Å². The Bertz CT molecular complexity index is 941. The number of ether oxygens (including phenoxy) is 1. The van der Waals surface area contributed by atoms with Gasteiger partial charge in [-0.05, 0) is 42.3 Å². The van der Waals surface area contributed by atoms with E-state index in [9.17, 15) is 18.0 Å². The number of carbonyl (C=O) groups is 1. The van der Waals surface area contributed by atoms with Gasteiger partial charge >= 0.3 is 6.61 Å². The SMILES string of the molecule is Cc1nc(Cc2ccc(F)cc2)sc1C(=O)NCc1ccc(OC(F)F)cc1. The molecule has 1 amide bonds. The summed E-state index contributed by atoms with van der Waals surface area (Å²) >= 11 is 1.29. The molecular weight excluding hydrogens is 389 g/mol. The van der Waals surface area contributed by atoms with E-state index in [-0.39, 0.29) is 24.0 Å². The van der Waals surface area contributed by atoms with E-state index >= 15 is 0 Å². The largest absolute Gasteiger partial charge is 0.435 e. The summed E-state index contributed by atoms with van der Waals surface area (Å²) in [4.78, 5) is 17.4. The number of nitrogens with zero attached hydrogens (tertiary/aromatic N) is 1. The van der Waals surface area contributed by atoms with E-state index in [1.54, 1.807) is 31.2 Å². The minimum atomic E-state index is -2.87. The second-order valence-corrected chi connectivity index (χ2v) is 7.11. The maximum atomic E-state index is 13.0. The van der Waals surface area contributed by atoms with Crippen molar-refractivity contribution in [3.05, 3.63) is 81.1 Å². The number of aromatic nitrogens is 1. The number of thiazole rings is 1. The van der Waals surface area contributed by atoms with E-state index in [0.717, 1.165) is 16.1 Å². The van der Waals surface area contributed by atoms with Gasteiger partial charge in [-0.1, -0.05) is 24.3 Å². The first-order chi connectivity index (χ1) is 13.4. The van der Waals surface area contributed by atoms with E-state index in [4.69, 9.17) is 0 Å². The van der Waals surface area contributed by atoms with Crippen LogP contribution >= 0.6 is 11.3 Å². The van der Waals surface area contributed by atoms with Crippen LogP contribution in [0.15, 0.2) is 48.5 Å². The highest BCUT2D eigenvalue weighted by molar-refractivity contribution is 7.13. The average Bonchev–Trinajstić information content (AvgIpc) is 3.02. The van der Waals surface area contributed by atoms with Crippen LogP contribution in [0.2, 0.25) is 0 Å². The molecule has 1 N–H and O–H groups in total. The van der Waals surface area contributed by atoms with Crippen molar-refractivity contribution < 1.29 is 22.7 Å². The van der Waals surface area contributed by atoms with Crippen LogP contribution < -0.4 is 10.1 Å². The summed E-state index contributed by atoms with van der Waals surface area (Å²) in [5, 5.41) is 3.56. The van der Waals surface area contributed by atoms with Crippen molar-refractivity contribution >= 4 is 17.2 Å². The number of benzene rings is 2. The van der Waals surface area contributed by atoms with Gasteiger partial charge in [-0.25, -0.2) is 9.37 Å². The smallest absolute Gasteiger partial charge is 0.387 e. The number of hydrogen-bond acceptors (Lipinski definition) is 4. The highest BCUT2D eigenvalue weighted by atomic mass is 32.1. The Hall–Kier alpha value is -2.87. The molecule has 2 aromatic carbocycles. The van der Waals surface area contributed by atoms with Gasteiger partial charge in [-0.15, -0.1) is 11.3 Å². The van der Waals surface area contributed by atoms with E-state index in [1.807, 2.05) is 0 Å². The summed E-state index contributed by atoms with van der Waals surface area (Å²) in [5.74, 6) is -0.491. The van der Waals surface area contributed by atoms with Gasteiger partial charge in [0, 0.05) is 13.0 Å². The fraction of sp³-hybridized carbons (Fsp3) is 0.200. The van der Waals surface area contributed by atoms with E-state index in [2.05, 4.69) is 15.0 Å². The van der Waals surface area contributed by atoms with Gasteiger partial charge in [0.15, 0.2) is 0 Å². The number of rotatable bonds is 7. The standard InChI is InChI=1S/C20H17F3N2O2S/c1-12-18(28-17(25-12)10-13-2-6-15(21)7-3-13)19(26)24-11-14-4-8-16(9-5-14)27-20(22)23/h2-9,20H,10-11H2,1H3,(H,24,26). The molecule has 0 bridgehead atoms. The van der Waals surface area contributed by atoms with Crippen LogP contribution in [0.1, 0.15) is 31.5 Å². The van der Waals surface area contributed by atoms with Crippen LogP contribution in [0.25, 0.3) is 0 Å². The molecule has 1 heterocycles. The Labute approximate surface area is 164 Å². The summed E-state index contributed by atoms with van der Waals surface area (Å²) in [6.07, 6.45) is 0.519. The Morgan fingerprint density at radius 2 is 1.75 bits per heavy atom. The molecule has 0 unspecified atom stereocenters. The van der Waals surface area contributed by atoms with Crippen LogP contribution in [0, 0.1) is 12.7 Å². The van der Waals surface area contributed by atoms with Gasteiger partial charge in [-0.2, -0.15) is 8.78 Å². The van der Waals surface area contributed by atoms with E-state index in [1.165, 1.54) is 35.6 Å². The summed E-state index contributed by atoms with van der Waals surface area (Å²) in [6, 6.07) is 12.2. The summed E-state index contributed by atoms with van der Waals surface area (Å²) < 4.78 is 41.6. The van der Waals surface area contributed by atoms with Crippen molar-refractivity contribution in [3.63, 3.8) is 0 Å². The maximum Gasteiger partial charge on any atom is 0.387 e. The molecule has 1 aromatic heterocycles. The fourth-order valence-corrected chi connectivity index (χ4v) is 3.58. The molecule has 8 heteroatoms. The highest BCUT2D eigenvalue weighted by Gasteiger charge is 2.15. The molecule has 0 saturated heterocycles. The number of halogens is 3. The van der Waals surface area contributed by atoms with Gasteiger partial charge in [-0.3, -0.25) is 4.79 Å². The van der Waals surface area contributed by atoms with Gasteiger partial charge in [0.05, 0.1) is 10.7 Å². The minimum absolute atomic E-state index is 0.0637. The topological polar surface area (TPSA) is 51.2 Å². The Balaban J connectivity index is 1.59. The Morgan fingerprint density at radius 1 is 1.11 bits per heavy atom. The first-order valence-corrected chi connectivity index (χ1v) is 9.25. The number of carbonyl (C=O) groups excluding carboxylic acids is 1. The molecule has 0 saturated carbocycles. The fourth-order valence-electron chi connectivity index (χ4n) is 2.57. The normalized spacial score (nSPS) is 10.9. The first-order valence-electron chi connectivity index (χ1n) is 8.43. The van der Waals surface area contributed by atoms with Gasteiger partial charge in [0.2, 0.25) is 0 Å². The average molecular weight is 406 g/mol. The van der Waals surface area contributed by atoms with Crippen LogP contribution in [0.3, 0.4) is 0 Å². The third kappa shape index (κ3) is 5.32. The minimum Gasteiger partial charge on any atom is -0.435 e. The molecule has 0 aliphatic heterocycles. The molecule has 0 aliphatic carbocycles. The number of hydrogen-bond donors (Lipinski definition) is 1. The molecule has 146 valence electrons. The second kappa shape index (κ2) is 8.88. The lowest BCUT2D eigenvalue weighted by Gasteiger charge is -2.07. The summed E-state index contributed by atoms with van der Waals surface area (Å²) in [6.45, 7) is -0.863. The Morgan fingerprint density at radius 3 is 2.39 bits per heavy atom. The predicted octanol–water partition coefficient (Wildman–Crippen LogP) is 4.71. The summed E-state index contributed by atoms with van der Waals surface area (Å²) in [5.41, 5.74) is 2.29. The number of amides is 1. The first kappa shape index (κ1) is 19.9. The van der Waals surface area contributed by atoms with Crippen molar-refractivity contribution in [1.82, 2.24) is 10.3 Å². The molecule has 0 fully saturated rings. The zero-order valence-electron chi connectivity index (χ0n) is 14.9. The predicted molar refractivity (Wildman–Crippen MR) is 100 cm³/mol. The molecule has 0 radical (unpaired) electrons. The van der Waals surface area contributed by atoms with Crippen molar-refractivity contribution in [2.24, 2.45) is 0 Å². The van der Waals surface area contributed by atoms with Crippen molar-refractivity contribution in [3.8, 4) is 5.75 Å².